The third-order valence-electron chi connectivity index (χ3n) is 3.69. The van der Waals surface area contributed by atoms with Crippen LogP contribution in [0.2, 0.25) is 0 Å². The zero-order chi connectivity index (χ0) is 11.3. The average Bonchev–Trinajstić information content (AvgIpc) is 2.59. The molecule has 3 rings (SSSR count). The van der Waals surface area contributed by atoms with Crippen molar-refractivity contribution in [2.24, 2.45) is 5.92 Å². The van der Waals surface area contributed by atoms with Crippen LogP contribution in [0, 0.1) is 5.92 Å². The van der Waals surface area contributed by atoms with Gasteiger partial charge in [-0.1, -0.05) is 25.1 Å². The third-order valence-corrected chi connectivity index (χ3v) is 3.69. The first kappa shape index (κ1) is 9.58. The molecule has 0 saturated carbocycles. The van der Waals surface area contributed by atoms with E-state index in [1.54, 1.807) is 0 Å². The second-order valence-electron chi connectivity index (χ2n) is 4.54. The molecule has 2 atom stereocenters. The molecule has 0 bridgehead atoms. The Balaban J connectivity index is 2.13. The Labute approximate surface area is 94.1 Å². The van der Waals surface area contributed by atoms with Crippen LogP contribution >= 0.6 is 0 Å². The normalized spacial score (nSPS) is 27.9. The van der Waals surface area contributed by atoms with E-state index in [1.165, 1.54) is 0 Å². The number of fused-ring (bicyclic) bond motifs is 3. The molecule has 16 heavy (non-hydrogen) atoms. The summed E-state index contributed by atoms with van der Waals surface area (Å²) in [7, 11) is 0. The molecule has 1 aromatic rings. The molecule has 0 radical (unpaired) electrons. The number of carbonyl (C=O) groups is 2. The van der Waals surface area contributed by atoms with Gasteiger partial charge in [0.05, 0.1) is 6.04 Å². The zero-order valence-electron chi connectivity index (χ0n) is 9.14. The summed E-state index contributed by atoms with van der Waals surface area (Å²) in [6.45, 7) is 2.50. The summed E-state index contributed by atoms with van der Waals surface area (Å²) < 4.78 is 0. The lowest BCUT2D eigenvalue weighted by molar-refractivity contribution is -0.127. The van der Waals surface area contributed by atoms with Crippen LogP contribution < -0.4 is 0 Å². The molecule has 2 unspecified atom stereocenters. The van der Waals surface area contributed by atoms with Gasteiger partial charge in [0.25, 0.3) is 5.91 Å². The Morgan fingerprint density at radius 1 is 1.25 bits per heavy atom. The highest BCUT2D eigenvalue weighted by atomic mass is 16.2. The van der Waals surface area contributed by atoms with Crippen molar-refractivity contribution in [3.8, 4) is 0 Å². The first-order chi connectivity index (χ1) is 7.70. The van der Waals surface area contributed by atoms with E-state index >= 15 is 0 Å². The Morgan fingerprint density at radius 3 is 2.81 bits per heavy atom. The fraction of sp³-hybridized carbons (Fsp3) is 0.385. The maximum atomic E-state index is 12.1. The third kappa shape index (κ3) is 1.08. The second-order valence-corrected chi connectivity index (χ2v) is 4.54. The van der Waals surface area contributed by atoms with Gasteiger partial charge in [0.2, 0.25) is 0 Å². The van der Waals surface area contributed by atoms with Gasteiger partial charge >= 0.3 is 0 Å². The van der Waals surface area contributed by atoms with Crippen molar-refractivity contribution in [3.63, 3.8) is 0 Å². The van der Waals surface area contributed by atoms with Crippen LogP contribution in [0.15, 0.2) is 24.3 Å². The maximum Gasteiger partial charge on any atom is 0.254 e. The van der Waals surface area contributed by atoms with Crippen molar-refractivity contribution >= 4 is 11.7 Å². The molecule has 1 saturated heterocycles. The summed E-state index contributed by atoms with van der Waals surface area (Å²) >= 11 is 0. The standard InChI is InChI=1S/C13H13NO2/c1-8-11(15)6-7-14-12(8)9-4-2-3-5-10(9)13(14)16/h2-5,8,12H,6-7H2,1H3. The lowest BCUT2D eigenvalue weighted by Crippen LogP contribution is -2.41. The summed E-state index contributed by atoms with van der Waals surface area (Å²) in [4.78, 5) is 25.7. The quantitative estimate of drug-likeness (QED) is 0.661. The molecule has 3 heteroatoms. The SMILES string of the molecule is CC1C(=O)CCN2C(=O)c3ccccc3C12. The number of ketones is 1. The van der Waals surface area contributed by atoms with Crippen molar-refractivity contribution < 1.29 is 9.59 Å². The molecule has 1 aromatic carbocycles. The van der Waals surface area contributed by atoms with Crippen LogP contribution in [0.4, 0.5) is 0 Å². The van der Waals surface area contributed by atoms with Gasteiger partial charge in [-0.05, 0) is 11.6 Å². The zero-order valence-corrected chi connectivity index (χ0v) is 9.14. The number of rotatable bonds is 0. The minimum Gasteiger partial charge on any atom is -0.330 e. The molecule has 0 aliphatic carbocycles. The summed E-state index contributed by atoms with van der Waals surface area (Å²) in [5.41, 5.74) is 1.79. The van der Waals surface area contributed by atoms with Crippen molar-refractivity contribution in [1.82, 2.24) is 4.90 Å². The minimum atomic E-state index is -0.0682. The van der Waals surface area contributed by atoms with Crippen LogP contribution in [-0.2, 0) is 4.79 Å². The summed E-state index contributed by atoms with van der Waals surface area (Å²) in [6.07, 6.45) is 0.497. The number of nitrogens with zero attached hydrogens (tertiary/aromatic N) is 1. The van der Waals surface area contributed by atoms with E-state index in [2.05, 4.69) is 0 Å². The molecule has 1 fully saturated rings. The van der Waals surface area contributed by atoms with Gasteiger partial charge in [0.15, 0.2) is 0 Å². The molecule has 0 aromatic heterocycles. The fourth-order valence-corrected chi connectivity index (χ4v) is 2.81. The van der Waals surface area contributed by atoms with Gasteiger partial charge in [0, 0.05) is 24.4 Å². The molecular weight excluding hydrogens is 202 g/mol. The molecule has 3 nitrogen and oxygen atoms in total. The van der Waals surface area contributed by atoms with Crippen molar-refractivity contribution in [3.05, 3.63) is 35.4 Å². The van der Waals surface area contributed by atoms with Gasteiger partial charge in [-0.25, -0.2) is 0 Å². The topological polar surface area (TPSA) is 37.4 Å². The molecule has 2 heterocycles. The van der Waals surface area contributed by atoms with Gasteiger partial charge in [-0.3, -0.25) is 9.59 Å². The lowest BCUT2D eigenvalue weighted by Gasteiger charge is -2.34. The predicted molar refractivity (Wildman–Crippen MR) is 59.0 cm³/mol. The number of benzene rings is 1. The highest BCUT2D eigenvalue weighted by molar-refractivity contribution is 6.01. The number of hydrogen-bond donors (Lipinski definition) is 0. The molecular formula is C13H13NO2. The van der Waals surface area contributed by atoms with E-state index < -0.39 is 0 Å². The second kappa shape index (κ2) is 3.17. The van der Waals surface area contributed by atoms with Crippen molar-refractivity contribution in [2.45, 2.75) is 19.4 Å². The lowest BCUT2D eigenvalue weighted by atomic mass is 9.87. The Morgan fingerprint density at radius 2 is 2.00 bits per heavy atom. The minimum absolute atomic E-state index is 0.0232. The van der Waals surface area contributed by atoms with E-state index in [4.69, 9.17) is 0 Å². The Hall–Kier alpha value is -1.64. The van der Waals surface area contributed by atoms with E-state index in [-0.39, 0.29) is 23.7 Å². The van der Waals surface area contributed by atoms with Crippen molar-refractivity contribution in [1.29, 1.82) is 0 Å². The first-order valence-electron chi connectivity index (χ1n) is 5.63. The Kier molecular flexibility index (Phi) is 1.90. The van der Waals surface area contributed by atoms with Gasteiger partial charge in [0.1, 0.15) is 5.78 Å². The molecule has 1 amide bonds. The van der Waals surface area contributed by atoms with Crippen molar-refractivity contribution in [2.75, 3.05) is 6.54 Å². The maximum absolute atomic E-state index is 12.1. The summed E-state index contributed by atoms with van der Waals surface area (Å²) in [6, 6.07) is 7.61. The van der Waals surface area contributed by atoms with Crippen LogP contribution in [-0.4, -0.2) is 23.1 Å². The van der Waals surface area contributed by atoms with E-state index in [0.29, 0.717) is 13.0 Å². The smallest absolute Gasteiger partial charge is 0.254 e. The molecule has 2 aliphatic rings. The van der Waals surface area contributed by atoms with Crippen LogP contribution in [0.3, 0.4) is 0 Å². The van der Waals surface area contributed by atoms with Gasteiger partial charge in [-0.15, -0.1) is 0 Å². The van der Waals surface area contributed by atoms with E-state index in [1.807, 2.05) is 36.1 Å². The summed E-state index contributed by atoms with van der Waals surface area (Å²) in [5.74, 6) is 0.284. The van der Waals surface area contributed by atoms with Crippen LogP contribution in [0.5, 0.6) is 0 Å². The monoisotopic (exact) mass is 215 g/mol. The van der Waals surface area contributed by atoms with Crippen LogP contribution in [0.1, 0.15) is 35.3 Å². The molecule has 0 N–H and O–H groups in total. The van der Waals surface area contributed by atoms with E-state index in [0.717, 1.165) is 11.1 Å². The molecule has 2 aliphatic heterocycles. The summed E-state index contributed by atoms with van der Waals surface area (Å²) in [5, 5.41) is 0. The first-order valence-corrected chi connectivity index (χ1v) is 5.63. The van der Waals surface area contributed by atoms with Gasteiger partial charge in [-0.2, -0.15) is 0 Å². The number of carbonyl (C=O) groups excluding carboxylic acids is 2. The number of hydrogen-bond acceptors (Lipinski definition) is 2. The van der Waals surface area contributed by atoms with E-state index in [9.17, 15) is 9.59 Å². The fourth-order valence-electron chi connectivity index (χ4n) is 2.81. The predicted octanol–water partition coefficient (Wildman–Crippen LogP) is 1.79. The van der Waals surface area contributed by atoms with Crippen LogP contribution in [0.25, 0.3) is 0 Å². The average molecular weight is 215 g/mol. The number of amides is 1. The number of piperidine rings is 1. The Bertz CT molecular complexity index is 481. The largest absolute Gasteiger partial charge is 0.330 e. The highest BCUT2D eigenvalue weighted by Gasteiger charge is 2.44. The molecule has 0 spiro atoms. The van der Waals surface area contributed by atoms with Gasteiger partial charge < -0.3 is 4.90 Å². The molecule has 82 valence electrons. The number of Topliss-reactive ketones (excluding diaryl/α,β-unsaturated/α-hetero) is 1. The highest BCUT2D eigenvalue weighted by Crippen LogP contribution is 2.41.